The first-order chi connectivity index (χ1) is 12.3. The van der Waals surface area contributed by atoms with Crippen LogP contribution in [0, 0.1) is 5.41 Å². The molecule has 0 bridgehead atoms. The molecule has 0 atom stereocenters. The number of aliphatic carboxylic acids is 1. The molecule has 136 valence electrons. The number of hydrogen-bond donors (Lipinski definition) is 1. The minimum atomic E-state index is -2.42. The predicted octanol–water partition coefficient (Wildman–Crippen LogP) is -3.07. The van der Waals surface area contributed by atoms with E-state index in [0.29, 0.717) is 15.9 Å². The van der Waals surface area contributed by atoms with Crippen LogP contribution in [0.5, 0.6) is 5.75 Å². The number of carbonyl (C=O) groups is 3. The second-order valence-electron chi connectivity index (χ2n) is 5.64. The molecule has 1 aliphatic rings. The molecule has 11 heteroatoms. The van der Waals surface area contributed by atoms with Crippen LogP contribution in [0.1, 0.15) is 26.7 Å². The van der Waals surface area contributed by atoms with E-state index < -0.39 is 54.8 Å². The van der Waals surface area contributed by atoms with Gasteiger partial charge in [-0.25, -0.2) is 0 Å². The molecule has 0 saturated carbocycles. The number of rotatable bonds is 7. The maximum absolute atomic E-state index is 12.3. The molecule has 0 spiro atoms. The molecule has 0 fully saturated rings. The van der Waals surface area contributed by atoms with Gasteiger partial charge in [0, 0.05) is 0 Å². The number of carboxylic acids is 1. The fourth-order valence-corrected chi connectivity index (χ4v) is 7.49. The Labute approximate surface area is 196 Å². The number of carbonyl (C=O) groups excluding carboxylic acids is 3. The average Bonchev–Trinajstić information content (AvgIpc) is 2.59. The van der Waals surface area contributed by atoms with E-state index in [1.165, 1.54) is 0 Å². The Hall–Kier alpha value is -0.675. The molecule has 27 heavy (non-hydrogen) atoms. The Morgan fingerprint density at radius 1 is 1.33 bits per heavy atom. The van der Waals surface area contributed by atoms with Crippen LogP contribution in [-0.2, 0) is 42.1 Å². The van der Waals surface area contributed by atoms with Crippen molar-refractivity contribution >= 4 is 38.5 Å². The smallest absolute Gasteiger partial charge is 1.00 e. The predicted molar refractivity (Wildman–Crippen MR) is 86.3 cm³/mol. The number of nitrogens with one attached hydrogen (secondary N) is 1. The van der Waals surface area contributed by atoms with Crippen molar-refractivity contribution in [2.75, 3.05) is 6.61 Å². The van der Waals surface area contributed by atoms with E-state index in [0.717, 1.165) is 0 Å². The molecule has 8 nitrogen and oxygen atoms in total. The Morgan fingerprint density at radius 2 is 2.00 bits per heavy atom. The minimum Gasteiger partial charge on any atom is 1.00 e. The molecule has 1 heterocycles. The number of hydrogen-bond acceptors (Lipinski definition) is 6. The van der Waals surface area contributed by atoms with Crippen LogP contribution in [-0.4, -0.2) is 30.4 Å². The topological polar surface area (TPSA) is 117 Å². The van der Waals surface area contributed by atoms with Crippen molar-refractivity contribution in [1.82, 2.24) is 5.32 Å². The second-order valence-corrected chi connectivity index (χ2v) is 11.3. The maximum Gasteiger partial charge on any atom is 1.00 e. The molecule has 1 N–H and O–H groups in total. The summed E-state index contributed by atoms with van der Waals surface area (Å²) in [5, 5.41) is 13.4. The summed E-state index contributed by atoms with van der Waals surface area (Å²) in [6.07, 6.45) is 0.704. The molecular formula is C16H16ClHgN2NaO6. The first-order valence-corrected chi connectivity index (χ1v) is 13.4. The van der Waals surface area contributed by atoms with Crippen LogP contribution < -0.4 is 47.8 Å². The largest absolute Gasteiger partial charge is 1.00 e. The van der Waals surface area contributed by atoms with Gasteiger partial charge in [-0.1, -0.05) is 0 Å². The second kappa shape index (κ2) is 10.8. The maximum atomic E-state index is 12.3. The summed E-state index contributed by atoms with van der Waals surface area (Å²) in [4.78, 5) is 39.1. The van der Waals surface area contributed by atoms with E-state index in [2.05, 4.69) is 10.3 Å². The van der Waals surface area contributed by atoms with E-state index in [-0.39, 0.29) is 46.4 Å². The number of para-hydroxylation sites is 1. The molecule has 1 aromatic carbocycles. The van der Waals surface area contributed by atoms with Gasteiger partial charge in [-0.15, -0.1) is 0 Å². The van der Waals surface area contributed by atoms with Crippen molar-refractivity contribution in [2.24, 2.45) is 10.4 Å². The van der Waals surface area contributed by atoms with E-state index in [4.69, 9.17) is 19.0 Å². The Balaban J connectivity index is 0.00000364. The van der Waals surface area contributed by atoms with Crippen LogP contribution in [0.25, 0.3) is 0 Å². The van der Waals surface area contributed by atoms with Crippen molar-refractivity contribution in [2.45, 2.75) is 26.7 Å². The monoisotopic (exact) mass is 592 g/mol. The van der Waals surface area contributed by atoms with Crippen LogP contribution >= 0.6 is 11.6 Å². The number of halogens is 1. The van der Waals surface area contributed by atoms with Gasteiger partial charge >= 0.3 is 198 Å². The number of amidine groups is 1. The van der Waals surface area contributed by atoms with Gasteiger partial charge in [0.25, 0.3) is 0 Å². The molecule has 0 saturated heterocycles. The fraction of sp³-hybridized carbons (Fsp3) is 0.375. The summed E-state index contributed by atoms with van der Waals surface area (Å²) in [5.41, 5.74) is -1.15. The number of carboxylic acid groups (broad SMARTS) is 1. The average molecular weight is 591 g/mol. The van der Waals surface area contributed by atoms with Gasteiger partial charge in [0.05, 0.1) is 0 Å². The van der Waals surface area contributed by atoms with Crippen molar-refractivity contribution in [3.05, 3.63) is 23.2 Å². The van der Waals surface area contributed by atoms with Gasteiger partial charge in [0.15, 0.2) is 0 Å². The van der Waals surface area contributed by atoms with Gasteiger partial charge in [-0.05, 0) is 0 Å². The molecule has 2 rings (SSSR count). The molecule has 1 aliphatic heterocycles. The fourth-order valence-electron chi connectivity index (χ4n) is 2.59. The molecular weight excluding hydrogens is 575 g/mol. The van der Waals surface area contributed by atoms with Crippen LogP contribution in [0.3, 0.4) is 0 Å². The normalized spacial score (nSPS) is 15.0. The van der Waals surface area contributed by atoms with Gasteiger partial charge < -0.3 is 0 Å². The number of nitrogens with zero attached hydrogens (tertiary/aromatic N) is 1. The number of ether oxygens (including phenoxy) is 1. The molecule has 0 radical (unpaired) electrons. The summed E-state index contributed by atoms with van der Waals surface area (Å²) >= 11 is 3.62. The van der Waals surface area contributed by atoms with Crippen LogP contribution in [0.2, 0.25) is 5.02 Å². The summed E-state index contributed by atoms with van der Waals surface area (Å²) in [5.74, 6) is -2.11. The van der Waals surface area contributed by atoms with Crippen molar-refractivity contribution < 1.29 is 81.5 Å². The van der Waals surface area contributed by atoms with Crippen LogP contribution in [0.15, 0.2) is 23.2 Å². The van der Waals surface area contributed by atoms with E-state index in [9.17, 15) is 19.5 Å². The zero-order chi connectivity index (χ0) is 19.3. The molecule has 1 aromatic rings. The summed E-state index contributed by atoms with van der Waals surface area (Å²) in [7, 11) is 0. The third kappa shape index (κ3) is 5.66. The zero-order valence-electron chi connectivity index (χ0n) is 15.3. The van der Waals surface area contributed by atoms with E-state index >= 15 is 0 Å². The molecule has 0 unspecified atom stereocenters. The van der Waals surface area contributed by atoms with Crippen molar-refractivity contribution in [1.29, 1.82) is 0 Å². The first-order valence-electron chi connectivity index (χ1n) is 8.01. The van der Waals surface area contributed by atoms with Gasteiger partial charge in [0.2, 0.25) is 0 Å². The quantitative estimate of drug-likeness (QED) is 0.266. The third-order valence-corrected chi connectivity index (χ3v) is 9.52. The van der Waals surface area contributed by atoms with Crippen molar-refractivity contribution in [3.63, 3.8) is 0 Å². The van der Waals surface area contributed by atoms with Crippen molar-refractivity contribution in [3.8, 4) is 5.75 Å². The SMILES string of the molecule is CCC1(CC)C(=O)N=C([O][Hg][c]2cccc(Cl)c2OCC(=O)[O-])NC1=O.[Na+]. The molecule has 0 aromatic heterocycles. The first kappa shape index (κ1) is 24.4. The zero-order valence-corrected chi connectivity index (χ0v) is 23.6. The molecule has 2 amide bonds. The summed E-state index contributed by atoms with van der Waals surface area (Å²) < 4.78 is 11.4. The summed E-state index contributed by atoms with van der Waals surface area (Å²) in [6, 6.07) is 4.82. The van der Waals surface area contributed by atoms with Gasteiger partial charge in [-0.3, -0.25) is 0 Å². The Morgan fingerprint density at radius 3 is 2.56 bits per heavy atom. The molecule has 0 aliphatic carbocycles. The number of amides is 2. The van der Waals surface area contributed by atoms with Gasteiger partial charge in [-0.2, -0.15) is 0 Å². The standard InChI is InChI=1S/C8H6ClO3.C8H12N2O3.Hg.Na/c9-6-3-1-2-4-7(6)12-5-8(10)11;1-3-8(4-2)5(11)9-7(13)10-6(8)12;;/h1-3H,5H2,(H,10,11);3-4H2,1-2H3,(H2,9,10,11,12,13);;/q;;2*+1/p-2. The van der Waals surface area contributed by atoms with E-state index in [1.54, 1.807) is 32.0 Å². The number of aliphatic imine (C=N–C) groups is 1. The summed E-state index contributed by atoms with van der Waals surface area (Å²) in [6.45, 7) is 2.88. The number of benzene rings is 1. The van der Waals surface area contributed by atoms with Gasteiger partial charge in [0.1, 0.15) is 0 Å². The van der Waals surface area contributed by atoms with Crippen LogP contribution in [0.4, 0.5) is 0 Å². The third-order valence-electron chi connectivity index (χ3n) is 4.22. The Bertz CT molecular complexity index is 769. The van der Waals surface area contributed by atoms with E-state index in [1.807, 2.05) is 0 Å². The Kier molecular flexibility index (Phi) is 9.71. The minimum absolute atomic E-state index is 0.